The molecule has 15 heavy (non-hydrogen) atoms. The van der Waals surface area contributed by atoms with E-state index in [-0.39, 0.29) is 5.75 Å². The smallest absolute Gasteiger partial charge is 0.154 e. The first-order chi connectivity index (χ1) is 7.33. The molecule has 1 aliphatic rings. The van der Waals surface area contributed by atoms with Crippen LogP contribution in [0.1, 0.15) is 27.9 Å². The van der Waals surface area contributed by atoms with Crippen molar-refractivity contribution in [1.82, 2.24) is 0 Å². The number of carbonyl (C=O) groups is 1. The number of aldehydes is 1. The van der Waals surface area contributed by atoms with Gasteiger partial charge in [-0.2, -0.15) is 0 Å². The number of phenolic OH excluding ortho intramolecular Hbond substituents is 1. The zero-order chi connectivity index (χ0) is 10.4. The Morgan fingerprint density at radius 3 is 2.93 bits per heavy atom. The molecule has 1 N–H and O–H groups in total. The van der Waals surface area contributed by atoms with Gasteiger partial charge in [0.15, 0.2) is 6.29 Å². The van der Waals surface area contributed by atoms with Crippen LogP contribution < -0.4 is 0 Å². The summed E-state index contributed by atoms with van der Waals surface area (Å²) in [6, 6.07) is 2.04. The lowest BCUT2D eigenvalue weighted by molar-refractivity contribution is 0.112. The molecule has 1 aromatic carbocycles. The van der Waals surface area contributed by atoms with E-state index in [9.17, 15) is 9.90 Å². The molecule has 0 saturated heterocycles. The first-order valence-electron chi connectivity index (χ1n) is 5.02. The molecule has 1 aliphatic carbocycles. The number of hydrogen-bond acceptors (Lipinski definition) is 3. The molecule has 0 amide bonds. The second-order valence-corrected chi connectivity index (χ2v) is 4.77. The number of phenols is 1. The lowest BCUT2D eigenvalue weighted by atomic mass is 10.00. The van der Waals surface area contributed by atoms with Crippen molar-refractivity contribution in [1.29, 1.82) is 0 Å². The number of carbonyl (C=O) groups excluding carboxylic acids is 1. The topological polar surface area (TPSA) is 37.3 Å². The van der Waals surface area contributed by atoms with Gasteiger partial charge in [0.05, 0.1) is 10.3 Å². The van der Waals surface area contributed by atoms with Crippen molar-refractivity contribution < 1.29 is 9.90 Å². The summed E-state index contributed by atoms with van der Waals surface area (Å²) in [6.45, 7) is 0. The van der Waals surface area contributed by atoms with Crippen LogP contribution in [0.5, 0.6) is 5.75 Å². The van der Waals surface area contributed by atoms with Crippen molar-refractivity contribution in [3.05, 3.63) is 28.1 Å². The summed E-state index contributed by atoms with van der Waals surface area (Å²) in [4.78, 5) is 11.0. The molecule has 0 unspecified atom stereocenters. The van der Waals surface area contributed by atoms with Crippen molar-refractivity contribution in [2.24, 2.45) is 0 Å². The number of aromatic hydroxyl groups is 1. The SMILES string of the molecule is O=Cc1c2c(c3ccsc3c1O)CCC2. The zero-order valence-electron chi connectivity index (χ0n) is 8.12. The van der Waals surface area contributed by atoms with Gasteiger partial charge in [-0.1, -0.05) is 0 Å². The molecule has 0 radical (unpaired) electrons. The van der Waals surface area contributed by atoms with Gasteiger partial charge in [-0.3, -0.25) is 4.79 Å². The fourth-order valence-corrected chi connectivity index (χ4v) is 3.34. The van der Waals surface area contributed by atoms with Gasteiger partial charge in [0, 0.05) is 0 Å². The van der Waals surface area contributed by atoms with Crippen molar-refractivity contribution in [3.63, 3.8) is 0 Å². The zero-order valence-corrected chi connectivity index (χ0v) is 8.93. The van der Waals surface area contributed by atoms with Crippen LogP contribution in [-0.2, 0) is 12.8 Å². The third-order valence-corrected chi connectivity index (χ3v) is 4.04. The molecule has 3 rings (SSSR count). The van der Waals surface area contributed by atoms with Crippen molar-refractivity contribution in [2.75, 3.05) is 0 Å². The Morgan fingerprint density at radius 2 is 2.13 bits per heavy atom. The quantitative estimate of drug-likeness (QED) is 0.747. The predicted octanol–water partition coefficient (Wildman–Crippen LogP) is 2.91. The maximum Gasteiger partial charge on any atom is 0.154 e. The number of thiophene rings is 1. The van der Waals surface area contributed by atoms with E-state index in [1.165, 1.54) is 16.9 Å². The molecule has 0 aliphatic heterocycles. The Hall–Kier alpha value is -1.35. The molecule has 2 aromatic rings. The summed E-state index contributed by atoms with van der Waals surface area (Å²) in [7, 11) is 0. The summed E-state index contributed by atoms with van der Waals surface area (Å²) in [5, 5.41) is 13.1. The van der Waals surface area contributed by atoms with Crippen LogP contribution in [0.3, 0.4) is 0 Å². The molecule has 0 atom stereocenters. The fourth-order valence-electron chi connectivity index (χ4n) is 2.46. The van der Waals surface area contributed by atoms with Gasteiger partial charge in [-0.15, -0.1) is 11.3 Å². The van der Waals surface area contributed by atoms with E-state index in [0.717, 1.165) is 41.2 Å². The largest absolute Gasteiger partial charge is 0.506 e. The van der Waals surface area contributed by atoms with E-state index < -0.39 is 0 Å². The summed E-state index contributed by atoms with van der Waals surface area (Å²) in [5.74, 6) is 0.177. The van der Waals surface area contributed by atoms with Gasteiger partial charge in [-0.05, 0) is 47.2 Å². The molecule has 0 bridgehead atoms. The monoisotopic (exact) mass is 218 g/mol. The van der Waals surface area contributed by atoms with Crippen LogP contribution in [-0.4, -0.2) is 11.4 Å². The van der Waals surface area contributed by atoms with Crippen molar-refractivity contribution in [2.45, 2.75) is 19.3 Å². The highest BCUT2D eigenvalue weighted by molar-refractivity contribution is 7.17. The fraction of sp³-hybridized carbons (Fsp3) is 0.250. The second-order valence-electron chi connectivity index (χ2n) is 3.85. The van der Waals surface area contributed by atoms with Crippen LogP contribution in [0.25, 0.3) is 10.1 Å². The Morgan fingerprint density at radius 1 is 1.33 bits per heavy atom. The first kappa shape index (κ1) is 8.92. The number of rotatable bonds is 1. The molecule has 2 nitrogen and oxygen atoms in total. The van der Waals surface area contributed by atoms with Crippen molar-refractivity contribution >= 4 is 27.7 Å². The molecule has 0 spiro atoms. The lowest BCUT2D eigenvalue weighted by Crippen LogP contribution is -1.93. The minimum Gasteiger partial charge on any atom is -0.506 e. The van der Waals surface area contributed by atoms with Crippen LogP contribution >= 0.6 is 11.3 Å². The van der Waals surface area contributed by atoms with Gasteiger partial charge in [0.1, 0.15) is 5.75 Å². The molecule has 0 saturated carbocycles. The summed E-state index contributed by atoms with van der Waals surface area (Å²) in [6.07, 6.45) is 3.83. The Labute approximate surface area is 91.2 Å². The highest BCUT2D eigenvalue weighted by Gasteiger charge is 2.22. The average Bonchev–Trinajstić information content (AvgIpc) is 2.84. The molecule has 76 valence electrons. The summed E-state index contributed by atoms with van der Waals surface area (Å²) < 4.78 is 0.859. The standard InChI is InChI=1S/C12H10O2S/c13-6-10-8-3-1-2-7(8)9-4-5-15-12(9)11(10)14/h4-6,14H,1-3H2. The number of benzene rings is 1. The average molecular weight is 218 g/mol. The summed E-state index contributed by atoms with van der Waals surface area (Å²) >= 11 is 1.50. The first-order valence-corrected chi connectivity index (χ1v) is 5.90. The Kier molecular flexibility index (Phi) is 1.83. The van der Waals surface area contributed by atoms with E-state index in [1.54, 1.807) is 0 Å². The molecule has 0 fully saturated rings. The van der Waals surface area contributed by atoms with E-state index in [0.29, 0.717) is 5.56 Å². The lowest BCUT2D eigenvalue weighted by Gasteiger charge is -2.07. The number of hydrogen-bond donors (Lipinski definition) is 1. The normalized spacial score (nSPS) is 14.4. The van der Waals surface area contributed by atoms with E-state index in [4.69, 9.17) is 0 Å². The van der Waals surface area contributed by atoms with Gasteiger partial charge in [-0.25, -0.2) is 0 Å². The highest BCUT2D eigenvalue weighted by atomic mass is 32.1. The van der Waals surface area contributed by atoms with Crippen LogP contribution in [0.2, 0.25) is 0 Å². The van der Waals surface area contributed by atoms with Gasteiger partial charge < -0.3 is 5.11 Å². The molecule has 3 heteroatoms. The molecular formula is C12H10O2S. The molecule has 1 heterocycles. The van der Waals surface area contributed by atoms with E-state index in [1.807, 2.05) is 11.4 Å². The van der Waals surface area contributed by atoms with Gasteiger partial charge >= 0.3 is 0 Å². The maximum absolute atomic E-state index is 11.0. The van der Waals surface area contributed by atoms with Crippen LogP contribution in [0, 0.1) is 0 Å². The van der Waals surface area contributed by atoms with Gasteiger partial charge in [0.2, 0.25) is 0 Å². The third kappa shape index (κ3) is 1.07. The number of aryl methyl sites for hydroxylation is 1. The summed E-state index contributed by atoms with van der Waals surface area (Å²) in [5.41, 5.74) is 2.84. The maximum atomic E-state index is 11.0. The molecule has 1 aromatic heterocycles. The van der Waals surface area contributed by atoms with E-state index in [2.05, 4.69) is 0 Å². The van der Waals surface area contributed by atoms with E-state index >= 15 is 0 Å². The Balaban J connectivity index is 2.52. The Bertz CT molecular complexity index is 554. The predicted molar refractivity (Wildman–Crippen MR) is 60.9 cm³/mol. The minimum atomic E-state index is 0.177. The van der Waals surface area contributed by atoms with Crippen LogP contribution in [0.4, 0.5) is 0 Å². The minimum absolute atomic E-state index is 0.177. The molecular weight excluding hydrogens is 208 g/mol. The number of fused-ring (bicyclic) bond motifs is 3. The second kappa shape index (κ2) is 3.07. The highest BCUT2D eigenvalue weighted by Crippen LogP contribution is 2.41. The van der Waals surface area contributed by atoms with Crippen molar-refractivity contribution in [3.8, 4) is 5.75 Å². The third-order valence-electron chi connectivity index (χ3n) is 3.12. The van der Waals surface area contributed by atoms with Gasteiger partial charge in [0.25, 0.3) is 0 Å². The van der Waals surface area contributed by atoms with Crippen LogP contribution in [0.15, 0.2) is 11.4 Å².